The third kappa shape index (κ3) is 2.49. The lowest BCUT2D eigenvalue weighted by atomic mass is 10.0. The van der Waals surface area contributed by atoms with E-state index in [2.05, 4.69) is 0 Å². The van der Waals surface area contributed by atoms with Gasteiger partial charge in [-0.25, -0.2) is 0 Å². The second-order valence-electron chi connectivity index (χ2n) is 3.84. The fourth-order valence-corrected chi connectivity index (χ4v) is 2.43. The molecule has 0 aliphatic rings. The van der Waals surface area contributed by atoms with Gasteiger partial charge in [-0.1, -0.05) is 30.3 Å². The van der Waals surface area contributed by atoms with E-state index < -0.39 is 0 Å². The Morgan fingerprint density at radius 2 is 1.82 bits per heavy atom. The van der Waals surface area contributed by atoms with Crippen LogP contribution in [0.5, 0.6) is 5.75 Å². The van der Waals surface area contributed by atoms with E-state index in [4.69, 9.17) is 0 Å². The molecular weight excluding hydrogens is 327 g/mol. The van der Waals surface area contributed by atoms with E-state index in [0.717, 1.165) is 5.56 Å². The second-order valence-corrected chi connectivity index (χ2v) is 5.00. The smallest absolute Gasteiger partial charge is 0.196 e. The number of aryl methyl sites for hydroxylation is 1. The molecule has 0 aliphatic heterocycles. The van der Waals surface area contributed by atoms with Crippen LogP contribution in [0.2, 0.25) is 0 Å². The van der Waals surface area contributed by atoms with E-state index in [0.29, 0.717) is 14.7 Å². The number of phenols is 1. The van der Waals surface area contributed by atoms with Crippen LogP contribution in [0, 0.1) is 10.5 Å². The van der Waals surface area contributed by atoms with E-state index in [1.165, 1.54) is 0 Å². The number of halogens is 1. The zero-order valence-electron chi connectivity index (χ0n) is 9.27. The lowest BCUT2D eigenvalue weighted by molar-refractivity contribution is 0.103. The van der Waals surface area contributed by atoms with Gasteiger partial charge < -0.3 is 5.11 Å². The first-order chi connectivity index (χ1) is 8.09. The molecule has 0 amide bonds. The largest absolute Gasteiger partial charge is 0.506 e. The molecule has 0 aromatic heterocycles. The summed E-state index contributed by atoms with van der Waals surface area (Å²) in [4.78, 5) is 12.2. The number of carbonyl (C=O) groups excluding carboxylic acids is 1. The molecular formula is C14H11IO2. The van der Waals surface area contributed by atoms with E-state index in [1.807, 2.05) is 53.8 Å². The highest BCUT2D eigenvalue weighted by atomic mass is 127. The maximum Gasteiger partial charge on any atom is 0.196 e. The van der Waals surface area contributed by atoms with Gasteiger partial charge in [0.2, 0.25) is 0 Å². The number of hydrogen-bond acceptors (Lipinski definition) is 2. The average molecular weight is 338 g/mol. The predicted molar refractivity (Wildman–Crippen MR) is 75.4 cm³/mol. The summed E-state index contributed by atoms with van der Waals surface area (Å²) in [7, 11) is 0. The quantitative estimate of drug-likeness (QED) is 0.672. The summed E-state index contributed by atoms with van der Waals surface area (Å²) in [5, 5.41) is 9.93. The molecule has 0 spiro atoms. The Labute approximate surface area is 113 Å². The molecule has 2 rings (SSSR count). The number of rotatable bonds is 2. The fraction of sp³-hybridized carbons (Fsp3) is 0.0714. The Morgan fingerprint density at radius 3 is 2.47 bits per heavy atom. The summed E-state index contributed by atoms with van der Waals surface area (Å²) >= 11 is 2.03. The van der Waals surface area contributed by atoms with Crippen LogP contribution in [0.25, 0.3) is 0 Å². The highest BCUT2D eigenvalue weighted by Crippen LogP contribution is 2.27. The van der Waals surface area contributed by atoms with E-state index in [9.17, 15) is 9.90 Å². The van der Waals surface area contributed by atoms with Crippen LogP contribution in [0.3, 0.4) is 0 Å². The van der Waals surface area contributed by atoms with Crippen LogP contribution in [0.4, 0.5) is 0 Å². The minimum Gasteiger partial charge on any atom is -0.506 e. The Bertz CT molecular complexity index is 562. The Balaban J connectivity index is 2.52. The molecule has 0 atom stereocenters. The first-order valence-corrected chi connectivity index (χ1v) is 6.26. The minimum absolute atomic E-state index is 0.0602. The SMILES string of the molecule is Cc1cc(I)c(O)c(C(=O)c2ccccc2)c1. The van der Waals surface area contributed by atoms with E-state index in [-0.39, 0.29) is 11.5 Å². The van der Waals surface area contributed by atoms with Crippen LogP contribution in [-0.2, 0) is 0 Å². The van der Waals surface area contributed by atoms with Crippen molar-refractivity contribution in [1.29, 1.82) is 0 Å². The zero-order chi connectivity index (χ0) is 12.4. The molecule has 2 aromatic rings. The third-order valence-electron chi connectivity index (χ3n) is 2.49. The summed E-state index contributed by atoms with van der Waals surface area (Å²) in [5.41, 5.74) is 1.91. The first kappa shape index (κ1) is 12.1. The van der Waals surface area contributed by atoms with E-state index in [1.54, 1.807) is 18.2 Å². The van der Waals surface area contributed by atoms with Crippen LogP contribution in [-0.4, -0.2) is 10.9 Å². The van der Waals surface area contributed by atoms with Gasteiger partial charge in [0.15, 0.2) is 5.78 Å². The molecule has 0 radical (unpaired) electrons. The van der Waals surface area contributed by atoms with E-state index >= 15 is 0 Å². The highest BCUT2D eigenvalue weighted by Gasteiger charge is 2.15. The summed E-state index contributed by atoms with van der Waals surface area (Å²) in [6.07, 6.45) is 0. The molecule has 0 saturated carbocycles. The van der Waals surface area contributed by atoms with Crippen molar-refractivity contribution >= 4 is 28.4 Å². The number of carbonyl (C=O) groups is 1. The maximum atomic E-state index is 12.2. The van der Waals surface area contributed by atoms with Gasteiger partial charge in [0.25, 0.3) is 0 Å². The molecule has 0 aliphatic carbocycles. The van der Waals surface area contributed by atoms with Crippen LogP contribution < -0.4 is 0 Å². The maximum absolute atomic E-state index is 12.2. The number of ketones is 1. The molecule has 0 heterocycles. The molecule has 2 nitrogen and oxygen atoms in total. The van der Waals surface area contributed by atoms with Crippen molar-refractivity contribution in [3.63, 3.8) is 0 Å². The minimum atomic E-state index is -0.148. The van der Waals surface area contributed by atoms with Crippen LogP contribution in [0.15, 0.2) is 42.5 Å². The summed E-state index contributed by atoms with van der Waals surface area (Å²) in [6.45, 7) is 1.91. The highest BCUT2D eigenvalue weighted by molar-refractivity contribution is 14.1. The average Bonchev–Trinajstić information content (AvgIpc) is 2.34. The van der Waals surface area contributed by atoms with Gasteiger partial charge in [0.1, 0.15) is 5.75 Å². The molecule has 3 heteroatoms. The fourth-order valence-electron chi connectivity index (χ4n) is 1.65. The molecule has 86 valence electrons. The van der Waals surface area contributed by atoms with Crippen molar-refractivity contribution < 1.29 is 9.90 Å². The molecule has 1 N–H and O–H groups in total. The zero-order valence-corrected chi connectivity index (χ0v) is 11.4. The van der Waals surface area contributed by atoms with Gasteiger partial charge in [-0.2, -0.15) is 0 Å². The number of aromatic hydroxyl groups is 1. The topological polar surface area (TPSA) is 37.3 Å². The van der Waals surface area contributed by atoms with Gasteiger partial charge in [-0.15, -0.1) is 0 Å². The van der Waals surface area contributed by atoms with Crippen molar-refractivity contribution in [3.8, 4) is 5.75 Å². The van der Waals surface area contributed by atoms with Crippen molar-refractivity contribution in [2.24, 2.45) is 0 Å². The molecule has 2 aromatic carbocycles. The van der Waals surface area contributed by atoms with Crippen LogP contribution in [0.1, 0.15) is 21.5 Å². The lowest BCUT2D eigenvalue weighted by Crippen LogP contribution is -2.02. The third-order valence-corrected chi connectivity index (χ3v) is 3.31. The standard InChI is InChI=1S/C14H11IO2/c1-9-7-11(14(17)12(15)8-9)13(16)10-5-3-2-4-6-10/h2-8,17H,1H3. The lowest BCUT2D eigenvalue weighted by Gasteiger charge is -2.07. The van der Waals surface area contributed by atoms with Crippen LogP contribution >= 0.6 is 22.6 Å². The number of benzene rings is 2. The summed E-state index contributed by atoms with van der Waals surface area (Å²) < 4.78 is 0.696. The van der Waals surface area contributed by atoms with Gasteiger partial charge in [-0.3, -0.25) is 4.79 Å². The Morgan fingerprint density at radius 1 is 1.18 bits per heavy atom. The number of hydrogen-bond donors (Lipinski definition) is 1. The van der Waals surface area contributed by atoms with Crippen molar-refractivity contribution in [3.05, 3.63) is 62.7 Å². The monoisotopic (exact) mass is 338 g/mol. The Hall–Kier alpha value is -1.36. The summed E-state index contributed by atoms with van der Waals surface area (Å²) in [5.74, 6) is -0.0882. The molecule has 0 bridgehead atoms. The molecule has 17 heavy (non-hydrogen) atoms. The Kier molecular flexibility index (Phi) is 3.47. The van der Waals surface area contributed by atoms with Crippen molar-refractivity contribution in [2.75, 3.05) is 0 Å². The molecule has 0 unspecified atom stereocenters. The summed E-state index contributed by atoms with van der Waals surface area (Å²) in [6, 6.07) is 12.5. The van der Waals surface area contributed by atoms with Gasteiger partial charge in [-0.05, 0) is 47.2 Å². The van der Waals surface area contributed by atoms with Gasteiger partial charge in [0.05, 0.1) is 9.13 Å². The molecule has 0 fully saturated rings. The van der Waals surface area contributed by atoms with Gasteiger partial charge in [0, 0.05) is 5.56 Å². The van der Waals surface area contributed by atoms with Gasteiger partial charge >= 0.3 is 0 Å². The predicted octanol–water partition coefficient (Wildman–Crippen LogP) is 3.54. The molecule has 0 saturated heterocycles. The van der Waals surface area contributed by atoms with Crippen molar-refractivity contribution in [1.82, 2.24) is 0 Å². The first-order valence-electron chi connectivity index (χ1n) is 5.18. The van der Waals surface area contributed by atoms with Crippen molar-refractivity contribution in [2.45, 2.75) is 6.92 Å². The second kappa shape index (κ2) is 4.87. The normalized spacial score (nSPS) is 10.2. The number of phenolic OH excluding ortho intramolecular Hbond substituents is 1.